The van der Waals surface area contributed by atoms with Gasteiger partial charge in [0.2, 0.25) is 5.91 Å². The largest absolute Gasteiger partial charge is 0.467 e. The van der Waals surface area contributed by atoms with Gasteiger partial charge in [-0.3, -0.25) is 10.1 Å². The average Bonchev–Trinajstić information content (AvgIpc) is 3.33. The van der Waals surface area contributed by atoms with Crippen molar-refractivity contribution in [2.75, 3.05) is 6.54 Å². The molecule has 3 rings (SSSR count). The number of nitrogens with zero attached hydrogens (tertiary/aromatic N) is 1. The van der Waals surface area contributed by atoms with Gasteiger partial charge in [-0.05, 0) is 43.4 Å². The van der Waals surface area contributed by atoms with Crippen LogP contribution in [0.15, 0.2) is 53.1 Å². The van der Waals surface area contributed by atoms with Crippen LogP contribution in [0.1, 0.15) is 37.1 Å². The Morgan fingerprint density at radius 1 is 1.33 bits per heavy atom. The van der Waals surface area contributed by atoms with Gasteiger partial charge in [-0.15, -0.1) is 0 Å². The summed E-state index contributed by atoms with van der Waals surface area (Å²) in [6, 6.07) is 15.6. The van der Waals surface area contributed by atoms with Gasteiger partial charge in [-0.1, -0.05) is 30.3 Å². The first-order valence-electron chi connectivity index (χ1n) is 8.16. The molecule has 0 saturated heterocycles. The third kappa shape index (κ3) is 3.66. The molecule has 1 aliphatic carbocycles. The number of rotatable bonds is 7. The van der Waals surface area contributed by atoms with Crippen molar-refractivity contribution in [2.45, 2.75) is 31.3 Å². The van der Waals surface area contributed by atoms with Crippen molar-refractivity contribution in [2.24, 2.45) is 5.92 Å². The molecule has 5 heteroatoms. The van der Waals surface area contributed by atoms with E-state index in [1.807, 2.05) is 42.5 Å². The van der Waals surface area contributed by atoms with Crippen LogP contribution in [0.2, 0.25) is 0 Å². The zero-order chi connectivity index (χ0) is 17.0. The molecule has 0 aliphatic heterocycles. The van der Waals surface area contributed by atoms with Gasteiger partial charge in [0.25, 0.3) is 0 Å². The third-order valence-electron chi connectivity index (χ3n) is 4.45. The highest BCUT2D eigenvalue weighted by Crippen LogP contribution is 2.39. The van der Waals surface area contributed by atoms with Crippen LogP contribution in [-0.2, 0) is 4.79 Å². The van der Waals surface area contributed by atoms with Crippen LogP contribution in [0.3, 0.4) is 0 Å². The summed E-state index contributed by atoms with van der Waals surface area (Å²) in [6.45, 7) is 1.91. The number of carbonyl (C=O) groups is 1. The molecular formula is C19H21N3O2. The molecule has 2 aromatic rings. The summed E-state index contributed by atoms with van der Waals surface area (Å²) in [6.07, 6.45) is 3.61. The molecule has 1 aliphatic rings. The topological polar surface area (TPSA) is 78.1 Å². The lowest BCUT2D eigenvalue weighted by molar-refractivity contribution is -0.121. The van der Waals surface area contributed by atoms with Crippen molar-refractivity contribution < 1.29 is 9.21 Å². The minimum atomic E-state index is -0.772. The van der Waals surface area contributed by atoms with Crippen LogP contribution in [-0.4, -0.2) is 18.0 Å². The molecule has 24 heavy (non-hydrogen) atoms. The smallest absolute Gasteiger partial charge is 0.235 e. The fraction of sp³-hybridized carbons (Fsp3) is 0.368. The second-order valence-electron chi connectivity index (χ2n) is 6.38. The Morgan fingerprint density at radius 2 is 2.08 bits per heavy atom. The Hall–Kier alpha value is -2.58. The molecule has 0 radical (unpaired) electrons. The standard InChI is InChI=1S/C19H21N3O2/c1-19(13-20,15-9-10-15)22-17(23)12-21-18(16-8-5-11-24-16)14-6-3-2-4-7-14/h2-8,11,15,18,21H,9-10,12H2,1H3,(H,22,23)/t18-,19+/m0/s1. The molecule has 1 heterocycles. The Bertz CT molecular complexity index is 717. The molecule has 1 amide bonds. The van der Waals surface area contributed by atoms with Gasteiger partial charge in [0.1, 0.15) is 11.3 Å². The molecule has 1 aromatic carbocycles. The lowest BCUT2D eigenvalue weighted by atomic mass is 9.98. The first kappa shape index (κ1) is 16.3. The Kier molecular flexibility index (Phi) is 4.68. The zero-order valence-electron chi connectivity index (χ0n) is 13.7. The minimum absolute atomic E-state index is 0.115. The fourth-order valence-electron chi connectivity index (χ4n) is 2.89. The van der Waals surface area contributed by atoms with Crippen LogP contribution >= 0.6 is 0 Å². The first-order valence-corrected chi connectivity index (χ1v) is 8.16. The highest BCUT2D eigenvalue weighted by molar-refractivity contribution is 5.79. The molecule has 1 fully saturated rings. The number of furan rings is 1. The van der Waals surface area contributed by atoms with Crippen molar-refractivity contribution in [3.8, 4) is 6.07 Å². The van der Waals surface area contributed by atoms with E-state index in [1.165, 1.54) is 0 Å². The fourth-order valence-corrected chi connectivity index (χ4v) is 2.89. The van der Waals surface area contributed by atoms with Gasteiger partial charge >= 0.3 is 0 Å². The lowest BCUT2D eigenvalue weighted by Gasteiger charge is -2.24. The Balaban J connectivity index is 1.66. The molecule has 0 unspecified atom stereocenters. The summed E-state index contributed by atoms with van der Waals surface area (Å²) in [5.74, 6) is 0.833. The van der Waals surface area contributed by atoms with Crippen molar-refractivity contribution in [3.05, 3.63) is 60.1 Å². The Morgan fingerprint density at radius 3 is 2.67 bits per heavy atom. The molecule has 124 valence electrons. The summed E-state index contributed by atoms with van der Waals surface area (Å²) >= 11 is 0. The van der Waals surface area contributed by atoms with E-state index in [-0.39, 0.29) is 24.4 Å². The van der Waals surface area contributed by atoms with E-state index < -0.39 is 5.54 Å². The van der Waals surface area contributed by atoms with Crippen molar-refractivity contribution in [3.63, 3.8) is 0 Å². The van der Waals surface area contributed by atoms with Gasteiger partial charge in [0.05, 0.1) is 24.9 Å². The predicted molar refractivity (Wildman–Crippen MR) is 89.9 cm³/mol. The van der Waals surface area contributed by atoms with Gasteiger partial charge in [0, 0.05) is 0 Å². The van der Waals surface area contributed by atoms with E-state index in [0.29, 0.717) is 0 Å². The summed E-state index contributed by atoms with van der Waals surface area (Å²) in [4.78, 5) is 12.3. The summed E-state index contributed by atoms with van der Waals surface area (Å²) < 4.78 is 5.51. The Labute approximate surface area is 141 Å². The van der Waals surface area contributed by atoms with Crippen LogP contribution in [0, 0.1) is 17.2 Å². The minimum Gasteiger partial charge on any atom is -0.467 e. The van der Waals surface area contributed by atoms with E-state index in [9.17, 15) is 10.1 Å². The second-order valence-corrected chi connectivity index (χ2v) is 6.38. The van der Waals surface area contributed by atoms with E-state index in [2.05, 4.69) is 16.7 Å². The molecule has 1 saturated carbocycles. The number of hydrogen-bond acceptors (Lipinski definition) is 4. The van der Waals surface area contributed by atoms with Gasteiger partial charge < -0.3 is 9.73 Å². The number of benzene rings is 1. The number of hydrogen-bond donors (Lipinski definition) is 2. The van der Waals surface area contributed by atoms with Crippen LogP contribution in [0.5, 0.6) is 0 Å². The van der Waals surface area contributed by atoms with Gasteiger partial charge in [0.15, 0.2) is 0 Å². The molecular weight excluding hydrogens is 302 g/mol. The molecule has 1 aromatic heterocycles. The summed E-state index contributed by atoms with van der Waals surface area (Å²) in [7, 11) is 0. The summed E-state index contributed by atoms with van der Waals surface area (Å²) in [5.41, 5.74) is 0.247. The zero-order valence-corrected chi connectivity index (χ0v) is 13.7. The monoisotopic (exact) mass is 323 g/mol. The second kappa shape index (κ2) is 6.90. The van der Waals surface area contributed by atoms with E-state index in [0.717, 1.165) is 24.2 Å². The normalized spacial score (nSPS) is 17.5. The maximum Gasteiger partial charge on any atom is 0.235 e. The predicted octanol–water partition coefficient (Wildman–Crippen LogP) is 2.77. The van der Waals surface area contributed by atoms with Crippen molar-refractivity contribution >= 4 is 5.91 Å². The van der Waals surface area contributed by atoms with E-state index in [4.69, 9.17) is 4.42 Å². The average molecular weight is 323 g/mol. The van der Waals surface area contributed by atoms with Gasteiger partial charge in [-0.25, -0.2) is 0 Å². The van der Waals surface area contributed by atoms with E-state index >= 15 is 0 Å². The molecule has 5 nitrogen and oxygen atoms in total. The van der Waals surface area contributed by atoms with Crippen LogP contribution < -0.4 is 10.6 Å². The summed E-state index contributed by atoms with van der Waals surface area (Å²) in [5, 5.41) is 15.4. The SMILES string of the molecule is C[C@](C#N)(NC(=O)CN[C@@H](c1ccccc1)c1ccco1)C1CC1. The van der Waals surface area contributed by atoms with Crippen molar-refractivity contribution in [1.29, 1.82) is 5.26 Å². The van der Waals surface area contributed by atoms with Crippen LogP contribution in [0.25, 0.3) is 0 Å². The number of nitrogens with one attached hydrogen (secondary N) is 2. The molecule has 0 bridgehead atoms. The highest BCUT2D eigenvalue weighted by Gasteiger charge is 2.42. The number of carbonyl (C=O) groups excluding carboxylic acids is 1. The van der Waals surface area contributed by atoms with Gasteiger partial charge in [-0.2, -0.15) is 5.26 Å². The lowest BCUT2D eigenvalue weighted by Crippen LogP contribution is -2.49. The first-order chi connectivity index (χ1) is 11.6. The number of amides is 1. The van der Waals surface area contributed by atoms with Crippen LogP contribution in [0.4, 0.5) is 0 Å². The van der Waals surface area contributed by atoms with Crippen molar-refractivity contribution in [1.82, 2.24) is 10.6 Å². The maximum absolute atomic E-state index is 12.3. The molecule has 0 spiro atoms. The third-order valence-corrected chi connectivity index (χ3v) is 4.45. The number of nitriles is 1. The molecule has 2 atom stereocenters. The quantitative estimate of drug-likeness (QED) is 0.821. The molecule has 2 N–H and O–H groups in total. The van der Waals surface area contributed by atoms with E-state index in [1.54, 1.807) is 13.2 Å². The highest BCUT2D eigenvalue weighted by atomic mass is 16.3. The maximum atomic E-state index is 12.3.